The Morgan fingerprint density at radius 2 is 2.08 bits per heavy atom. The fourth-order valence-corrected chi connectivity index (χ4v) is 4.98. The van der Waals surface area contributed by atoms with Crippen LogP contribution in [0.25, 0.3) is 5.57 Å². The van der Waals surface area contributed by atoms with Crippen LogP contribution in [-0.2, 0) is 23.8 Å². The second-order valence-electron chi connectivity index (χ2n) is 9.75. The number of carbonyl (C=O) groups is 1. The number of fused-ring (bicyclic) bond motifs is 1. The number of rotatable bonds is 6. The van der Waals surface area contributed by atoms with E-state index in [4.69, 9.17) is 28.2 Å². The third-order valence-electron chi connectivity index (χ3n) is 6.71. The van der Waals surface area contributed by atoms with Crippen LogP contribution in [0.4, 0.5) is 0 Å². The van der Waals surface area contributed by atoms with Crippen molar-refractivity contribution in [2.45, 2.75) is 38.8 Å². The molecule has 0 N–H and O–H groups in total. The molecule has 2 saturated heterocycles. The Balaban J connectivity index is 1.14. The number of allylic oxidation sites excluding steroid dienone is 6. The standard InChI is InChI=1S/C29H27NO7/c1-29(2)35-17-26(36-29)37-30-14-18-5-3-6-21(12-18)33-15-19-8-9-22-20(11-19)13-23-24(16-34-28(23)31)27(22)25-7-4-10-32-25/h3-10,12,14-15,23,26H,11,13,16-17H2,1-2H3/b19-15+,30-14?/t23?,26-/m0/s1. The molecule has 0 saturated carbocycles. The molecule has 2 aliphatic heterocycles. The molecule has 190 valence electrons. The number of ether oxygens (including phenoxy) is 4. The minimum absolute atomic E-state index is 0.167. The van der Waals surface area contributed by atoms with E-state index in [1.54, 1.807) is 18.7 Å². The van der Waals surface area contributed by atoms with E-state index < -0.39 is 12.1 Å². The average molecular weight is 502 g/mol. The zero-order valence-corrected chi connectivity index (χ0v) is 20.6. The van der Waals surface area contributed by atoms with Crippen LogP contribution in [0.1, 0.15) is 38.0 Å². The lowest BCUT2D eigenvalue weighted by molar-refractivity contribution is -0.190. The van der Waals surface area contributed by atoms with Crippen LogP contribution < -0.4 is 4.74 Å². The molecule has 1 aromatic carbocycles. The van der Waals surface area contributed by atoms with Crippen molar-refractivity contribution >= 4 is 17.8 Å². The summed E-state index contributed by atoms with van der Waals surface area (Å²) < 4.78 is 28.1. The second-order valence-corrected chi connectivity index (χ2v) is 9.75. The molecule has 1 aromatic heterocycles. The Labute approximate surface area is 214 Å². The summed E-state index contributed by atoms with van der Waals surface area (Å²) in [6.07, 6.45) is 9.93. The summed E-state index contributed by atoms with van der Waals surface area (Å²) in [6.45, 7) is 4.31. The largest absolute Gasteiger partial charge is 0.465 e. The molecule has 2 atom stereocenters. The van der Waals surface area contributed by atoms with Crippen LogP contribution in [0.15, 0.2) is 92.9 Å². The molecule has 0 bridgehead atoms. The summed E-state index contributed by atoms with van der Waals surface area (Å²) in [5.74, 6) is 0.353. The predicted molar refractivity (Wildman–Crippen MR) is 134 cm³/mol. The van der Waals surface area contributed by atoms with E-state index in [0.717, 1.165) is 33.6 Å². The third kappa shape index (κ3) is 4.90. The van der Waals surface area contributed by atoms with Gasteiger partial charge in [-0.3, -0.25) is 4.79 Å². The summed E-state index contributed by atoms with van der Waals surface area (Å²) in [4.78, 5) is 17.8. The van der Waals surface area contributed by atoms with Crippen molar-refractivity contribution in [2.24, 2.45) is 11.1 Å². The predicted octanol–water partition coefficient (Wildman–Crippen LogP) is 5.29. The van der Waals surface area contributed by atoms with E-state index in [1.807, 2.05) is 56.3 Å². The molecular formula is C29H27NO7. The fourth-order valence-electron chi connectivity index (χ4n) is 4.98. The minimum atomic E-state index is -0.664. The van der Waals surface area contributed by atoms with Crippen LogP contribution >= 0.6 is 0 Å². The maximum Gasteiger partial charge on any atom is 0.313 e. The van der Waals surface area contributed by atoms with E-state index in [-0.39, 0.29) is 11.9 Å². The molecule has 3 heterocycles. The average Bonchev–Trinajstić information content (AvgIpc) is 3.63. The number of cyclic esters (lactones) is 1. The van der Waals surface area contributed by atoms with Crippen molar-refractivity contribution < 1.29 is 33.0 Å². The lowest BCUT2D eigenvalue weighted by Crippen LogP contribution is -2.21. The van der Waals surface area contributed by atoms with Crippen molar-refractivity contribution in [3.8, 4) is 5.75 Å². The highest BCUT2D eigenvalue weighted by molar-refractivity contribution is 5.93. The minimum Gasteiger partial charge on any atom is -0.465 e. The molecule has 2 aliphatic carbocycles. The number of nitrogens with zero attached hydrogens (tertiary/aromatic N) is 1. The van der Waals surface area contributed by atoms with Gasteiger partial charge in [0.05, 0.1) is 24.7 Å². The second kappa shape index (κ2) is 9.53. The van der Waals surface area contributed by atoms with Crippen molar-refractivity contribution in [1.82, 2.24) is 0 Å². The van der Waals surface area contributed by atoms with Crippen molar-refractivity contribution in [1.29, 1.82) is 0 Å². The number of carbonyl (C=O) groups excluding carboxylic acids is 1. The van der Waals surface area contributed by atoms with Crippen molar-refractivity contribution in [3.05, 3.63) is 94.7 Å². The third-order valence-corrected chi connectivity index (χ3v) is 6.71. The molecule has 0 spiro atoms. The van der Waals surface area contributed by atoms with Gasteiger partial charge in [-0.15, -0.1) is 0 Å². The zero-order chi connectivity index (χ0) is 25.4. The van der Waals surface area contributed by atoms with Crippen LogP contribution in [-0.4, -0.2) is 37.5 Å². The number of esters is 1. The lowest BCUT2D eigenvalue weighted by atomic mass is 9.75. The summed E-state index contributed by atoms with van der Waals surface area (Å²) in [7, 11) is 0. The number of furan rings is 1. The Bertz CT molecular complexity index is 1360. The van der Waals surface area contributed by atoms with Gasteiger partial charge in [0.1, 0.15) is 24.7 Å². The molecule has 2 aromatic rings. The number of hydrogen-bond donors (Lipinski definition) is 0. The monoisotopic (exact) mass is 501 g/mol. The summed E-state index contributed by atoms with van der Waals surface area (Å²) >= 11 is 0. The van der Waals surface area contributed by atoms with Gasteiger partial charge in [0.25, 0.3) is 6.29 Å². The maximum absolute atomic E-state index is 12.4. The molecule has 1 unspecified atom stereocenters. The van der Waals surface area contributed by atoms with Crippen molar-refractivity contribution in [2.75, 3.05) is 13.2 Å². The number of benzene rings is 1. The topological polar surface area (TPSA) is 88.7 Å². The zero-order valence-electron chi connectivity index (χ0n) is 20.6. The van der Waals surface area contributed by atoms with E-state index >= 15 is 0 Å². The molecule has 2 fully saturated rings. The van der Waals surface area contributed by atoms with Crippen LogP contribution in [0, 0.1) is 5.92 Å². The van der Waals surface area contributed by atoms with Gasteiger partial charge in [-0.1, -0.05) is 35.0 Å². The van der Waals surface area contributed by atoms with E-state index in [1.165, 1.54) is 5.57 Å². The Morgan fingerprint density at radius 3 is 2.89 bits per heavy atom. The highest BCUT2D eigenvalue weighted by Crippen LogP contribution is 2.47. The normalized spacial score (nSPS) is 25.6. The van der Waals surface area contributed by atoms with E-state index in [2.05, 4.69) is 11.2 Å². The first-order chi connectivity index (χ1) is 17.9. The summed E-state index contributed by atoms with van der Waals surface area (Å²) in [5, 5.41) is 4.02. The Kier molecular flexibility index (Phi) is 6.06. The fraction of sp³-hybridized carbons (Fsp3) is 0.310. The summed E-state index contributed by atoms with van der Waals surface area (Å²) in [6, 6.07) is 11.3. The van der Waals surface area contributed by atoms with Crippen molar-refractivity contribution in [3.63, 3.8) is 0 Å². The first kappa shape index (κ1) is 23.5. The van der Waals surface area contributed by atoms with Crippen LogP contribution in [0.3, 0.4) is 0 Å². The number of hydrogen-bond acceptors (Lipinski definition) is 8. The maximum atomic E-state index is 12.4. The first-order valence-electron chi connectivity index (χ1n) is 12.3. The van der Waals surface area contributed by atoms with E-state index in [0.29, 0.717) is 31.8 Å². The Hall–Kier alpha value is -3.88. The van der Waals surface area contributed by atoms with Gasteiger partial charge in [0.15, 0.2) is 5.79 Å². The van der Waals surface area contributed by atoms with Gasteiger partial charge >= 0.3 is 5.97 Å². The molecule has 8 nitrogen and oxygen atoms in total. The molecule has 8 heteroatoms. The summed E-state index contributed by atoms with van der Waals surface area (Å²) in [5.41, 5.74) is 6.10. The van der Waals surface area contributed by atoms with Gasteiger partial charge in [0, 0.05) is 5.57 Å². The molecule has 0 amide bonds. The van der Waals surface area contributed by atoms with Gasteiger partial charge in [0.2, 0.25) is 0 Å². The molecule has 6 rings (SSSR count). The highest BCUT2D eigenvalue weighted by atomic mass is 16.9. The quantitative estimate of drug-likeness (QED) is 0.230. The van der Waals surface area contributed by atoms with Crippen LogP contribution in [0.2, 0.25) is 0 Å². The lowest BCUT2D eigenvalue weighted by Gasteiger charge is -2.27. The van der Waals surface area contributed by atoms with Gasteiger partial charge < -0.3 is 28.2 Å². The highest BCUT2D eigenvalue weighted by Gasteiger charge is 2.40. The van der Waals surface area contributed by atoms with Crippen LogP contribution in [0.5, 0.6) is 5.75 Å². The molecular weight excluding hydrogens is 474 g/mol. The van der Waals surface area contributed by atoms with Gasteiger partial charge in [-0.2, -0.15) is 0 Å². The van der Waals surface area contributed by atoms with Gasteiger partial charge in [-0.05, 0) is 73.2 Å². The van der Waals surface area contributed by atoms with Gasteiger partial charge in [-0.25, -0.2) is 0 Å². The number of oxime groups is 1. The molecule has 0 radical (unpaired) electrons. The Morgan fingerprint density at radius 1 is 1.16 bits per heavy atom. The van der Waals surface area contributed by atoms with E-state index in [9.17, 15) is 4.79 Å². The smallest absolute Gasteiger partial charge is 0.313 e. The molecule has 4 aliphatic rings. The molecule has 37 heavy (non-hydrogen) atoms. The SMILES string of the molecule is CC1(C)OC[C@H](ON=Cc2cccc(O/C=C3\C=CC4=C(C3)CC3C(=O)OCC3=C4c3ccco3)c2)O1. The first-order valence-corrected chi connectivity index (χ1v) is 12.3.